The van der Waals surface area contributed by atoms with Gasteiger partial charge in [0.1, 0.15) is 4.90 Å². The molecule has 21 heavy (non-hydrogen) atoms. The predicted octanol–water partition coefficient (Wildman–Crippen LogP) is 2.24. The maximum Gasteiger partial charge on any atom is 0.287 e. The van der Waals surface area contributed by atoms with E-state index in [1.807, 2.05) is 0 Å². The van der Waals surface area contributed by atoms with Crippen LogP contribution >= 0.6 is 15.9 Å². The lowest BCUT2D eigenvalue weighted by molar-refractivity contribution is 0.0881. The summed E-state index contributed by atoms with van der Waals surface area (Å²) in [5.74, 6) is 0.637. The number of halogens is 1. The largest absolute Gasteiger partial charge is 0.443 e. The highest BCUT2D eigenvalue weighted by Crippen LogP contribution is 2.29. The van der Waals surface area contributed by atoms with E-state index < -0.39 is 15.9 Å². The summed E-state index contributed by atoms with van der Waals surface area (Å²) in [7, 11) is -3.92. The number of carbonyl (C=O) groups excluding carboxylic acids is 1. The number of nitrogens with two attached hydrogens (primary N) is 1. The molecule has 2 unspecified atom stereocenters. The molecule has 2 atom stereocenters. The Morgan fingerprint density at radius 3 is 2.38 bits per heavy atom. The Morgan fingerprint density at radius 1 is 1.33 bits per heavy atom. The highest BCUT2D eigenvalue weighted by atomic mass is 79.9. The lowest BCUT2D eigenvalue weighted by Crippen LogP contribution is -2.39. The van der Waals surface area contributed by atoms with Gasteiger partial charge in [-0.2, -0.15) is 0 Å². The molecule has 0 aromatic carbocycles. The molecule has 2 rings (SSSR count). The molecule has 1 amide bonds. The summed E-state index contributed by atoms with van der Waals surface area (Å²) in [4.78, 5) is 11.9. The van der Waals surface area contributed by atoms with Crippen molar-refractivity contribution < 1.29 is 17.6 Å². The molecule has 1 aromatic heterocycles. The molecule has 1 aliphatic rings. The SMILES string of the molecule is CC1CC(C)CC(NC(=O)c2cc(S(N)(=O)=O)c(Br)o2)C1. The Morgan fingerprint density at radius 2 is 1.90 bits per heavy atom. The second-order valence-electron chi connectivity index (χ2n) is 5.88. The fourth-order valence-corrected chi connectivity index (χ4v) is 4.48. The first kappa shape index (κ1) is 16.5. The Balaban J connectivity index is 2.11. The van der Waals surface area contributed by atoms with Crippen molar-refractivity contribution >= 4 is 31.9 Å². The molecule has 0 spiro atoms. The molecular weight excluding hydrogens is 360 g/mol. The van der Waals surface area contributed by atoms with E-state index in [-0.39, 0.29) is 21.4 Å². The molecule has 1 heterocycles. The standard InChI is InChI=1S/C13H19BrN2O4S/c1-7-3-8(2)5-9(4-7)16-13(17)10-6-11(12(14)20-10)21(15,18)19/h6-9H,3-5H2,1-2H3,(H,16,17)(H2,15,18,19). The monoisotopic (exact) mass is 378 g/mol. The number of hydrogen-bond donors (Lipinski definition) is 2. The molecule has 0 bridgehead atoms. The van der Waals surface area contributed by atoms with E-state index in [9.17, 15) is 13.2 Å². The van der Waals surface area contributed by atoms with Crippen molar-refractivity contribution in [1.82, 2.24) is 5.32 Å². The minimum Gasteiger partial charge on any atom is -0.443 e. The Kier molecular flexibility index (Phi) is 4.79. The zero-order chi connectivity index (χ0) is 15.8. The van der Waals surface area contributed by atoms with E-state index in [4.69, 9.17) is 9.56 Å². The van der Waals surface area contributed by atoms with Gasteiger partial charge in [-0.05, 0) is 47.0 Å². The predicted molar refractivity (Wildman–Crippen MR) is 81.2 cm³/mol. The molecule has 1 fully saturated rings. The van der Waals surface area contributed by atoms with Crippen LogP contribution in [0.1, 0.15) is 43.7 Å². The van der Waals surface area contributed by atoms with Crippen molar-refractivity contribution in [2.75, 3.05) is 0 Å². The van der Waals surface area contributed by atoms with Crippen molar-refractivity contribution in [1.29, 1.82) is 0 Å². The minimum absolute atomic E-state index is 0.0551. The summed E-state index contributed by atoms with van der Waals surface area (Å²) >= 11 is 2.96. The fourth-order valence-electron chi connectivity index (χ4n) is 2.98. The van der Waals surface area contributed by atoms with Gasteiger partial charge in [0.05, 0.1) is 0 Å². The molecule has 118 valence electrons. The van der Waals surface area contributed by atoms with Crippen LogP contribution in [0.3, 0.4) is 0 Å². The van der Waals surface area contributed by atoms with Gasteiger partial charge in [-0.25, -0.2) is 13.6 Å². The van der Waals surface area contributed by atoms with E-state index in [0.717, 1.165) is 25.3 Å². The van der Waals surface area contributed by atoms with Gasteiger partial charge in [0.2, 0.25) is 10.0 Å². The van der Waals surface area contributed by atoms with Crippen molar-refractivity contribution in [2.24, 2.45) is 17.0 Å². The number of amides is 1. The summed E-state index contributed by atoms with van der Waals surface area (Å²) < 4.78 is 27.7. The highest BCUT2D eigenvalue weighted by molar-refractivity contribution is 9.10. The molecule has 0 radical (unpaired) electrons. The zero-order valence-electron chi connectivity index (χ0n) is 11.9. The third-order valence-electron chi connectivity index (χ3n) is 3.70. The van der Waals surface area contributed by atoms with Crippen LogP contribution in [0.2, 0.25) is 0 Å². The van der Waals surface area contributed by atoms with Crippen LogP contribution in [0.15, 0.2) is 20.0 Å². The average Bonchev–Trinajstić information content (AvgIpc) is 2.69. The minimum atomic E-state index is -3.92. The van der Waals surface area contributed by atoms with Gasteiger partial charge in [0.25, 0.3) is 5.91 Å². The Hall–Kier alpha value is -0.860. The van der Waals surface area contributed by atoms with Crippen molar-refractivity contribution in [2.45, 2.75) is 44.0 Å². The highest BCUT2D eigenvalue weighted by Gasteiger charge is 2.27. The first-order valence-electron chi connectivity index (χ1n) is 6.79. The van der Waals surface area contributed by atoms with E-state index in [0.29, 0.717) is 11.8 Å². The fraction of sp³-hybridized carbons (Fsp3) is 0.615. The van der Waals surface area contributed by atoms with Gasteiger partial charge >= 0.3 is 0 Å². The summed E-state index contributed by atoms with van der Waals surface area (Å²) in [5.41, 5.74) is 0. The zero-order valence-corrected chi connectivity index (χ0v) is 14.3. The molecule has 1 aliphatic carbocycles. The lowest BCUT2D eigenvalue weighted by atomic mass is 9.80. The number of sulfonamides is 1. The number of carbonyl (C=O) groups is 1. The molecular formula is C13H19BrN2O4S. The molecule has 8 heteroatoms. The van der Waals surface area contributed by atoms with E-state index in [1.54, 1.807) is 0 Å². The van der Waals surface area contributed by atoms with E-state index in [1.165, 1.54) is 0 Å². The summed E-state index contributed by atoms with van der Waals surface area (Å²) in [5, 5.41) is 7.94. The summed E-state index contributed by atoms with van der Waals surface area (Å²) in [6, 6.07) is 1.22. The van der Waals surface area contributed by atoms with Crippen LogP contribution in [0, 0.1) is 11.8 Å². The van der Waals surface area contributed by atoms with Crippen molar-refractivity contribution in [3.63, 3.8) is 0 Å². The van der Waals surface area contributed by atoms with Crippen LogP contribution in [0.4, 0.5) is 0 Å². The third-order valence-corrected chi connectivity index (χ3v) is 5.47. The summed E-state index contributed by atoms with van der Waals surface area (Å²) in [6.45, 7) is 4.33. The molecule has 0 saturated heterocycles. The van der Waals surface area contributed by atoms with Gasteiger partial charge in [0.15, 0.2) is 10.4 Å². The Bertz CT molecular complexity index is 631. The lowest BCUT2D eigenvalue weighted by Gasteiger charge is -2.31. The molecule has 0 aliphatic heterocycles. The topological polar surface area (TPSA) is 102 Å². The Labute approximate surface area is 132 Å². The maximum absolute atomic E-state index is 12.2. The van der Waals surface area contributed by atoms with Crippen LogP contribution in [-0.2, 0) is 10.0 Å². The van der Waals surface area contributed by atoms with Gasteiger partial charge < -0.3 is 9.73 Å². The van der Waals surface area contributed by atoms with Crippen LogP contribution < -0.4 is 10.5 Å². The van der Waals surface area contributed by atoms with Gasteiger partial charge in [-0.15, -0.1) is 0 Å². The second-order valence-corrected chi connectivity index (χ2v) is 8.13. The molecule has 6 nitrogen and oxygen atoms in total. The number of primary sulfonamides is 1. The first-order chi connectivity index (χ1) is 9.66. The molecule has 3 N–H and O–H groups in total. The van der Waals surface area contributed by atoms with Crippen LogP contribution in [0.25, 0.3) is 0 Å². The second kappa shape index (κ2) is 6.10. The maximum atomic E-state index is 12.2. The quantitative estimate of drug-likeness (QED) is 0.841. The van der Waals surface area contributed by atoms with Gasteiger partial charge in [-0.1, -0.05) is 13.8 Å². The van der Waals surface area contributed by atoms with Crippen LogP contribution in [0.5, 0.6) is 0 Å². The number of nitrogens with one attached hydrogen (secondary N) is 1. The van der Waals surface area contributed by atoms with E-state index in [2.05, 4.69) is 35.1 Å². The van der Waals surface area contributed by atoms with Gasteiger partial charge in [0, 0.05) is 12.1 Å². The van der Waals surface area contributed by atoms with E-state index >= 15 is 0 Å². The third kappa shape index (κ3) is 4.08. The molecule has 1 aromatic rings. The van der Waals surface area contributed by atoms with Crippen molar-refractivity contribution in [3.8, 4) is 0 Å². The molecule has 1 saturated carbocycles. The number of rotatable bonds is 3. The number of furan rings is 1. The average molecular weight is 379 g/mol. The smallest absolute Gasteiger partial charge is 0.287 e. The van der Waals surface area contributed by atoms with Gasteiger partial charge in [-0.3, -0.25) is 4.79 Å². The summed E-state index contributed by atoms with van der Waals surface area (Å²) in [6.07, 6.45) is 2.99. The number of hydrogen-bond acceptors (Lipinski definition) is 4. The van der Waals surface area contributed by atoms with Crippen LogP contribution in [-0.4, -0.2) is 20.4 Å². The van der Waals surface area contributed by atoms with Crippen molar-refractivity contribution in [3.05, 3.63) is 16.5 Å². The first-order valence-corrected chi connectivity index (χ1v) is 9.13. The normalized spacial score (nSPS) is 26.6.